The Balaban J connectivity index is 2.45. The molecule has 16 heavy (non-hydrogen) atoms. The van der Waals surface area contributed by atoms with E-state index in [9.17, 15) is 0 Å². The van der Waals surface area contributed by atoms with Crippen molar-refractivity contribution < 1.29 is 0 Å². The molecule has 0 saturated heterocycles. The van der Waals surface area contributed by atoms with Gasteiger partial charge in [-0.15, -0.1) is 11.3 Å². The molecular weight excluding hydrogens is 284 g/mol. The number of rotatable bonds is 3. The molecule has 0 aliphatic heterocycles. The highest BCUT2D eigenvalue weighted by Crippen LogP contribution is 2.33. The van der Waals surface area contributed by atoms with E-state index >= 15 is 0 Å². The third kappa shape index (κ3) is 2.19. The molecule has 0 saturated carbocycles. The van der Waals surface area contributed by atoms with Crippen LogP contribution in [0.15, 0.2) is 34.2 Å². The van der Waals surface area contributed by atoms with Gasteiger partial charge < -0.3 is 5.32 Å². The predicted octanol–water partition coefficient (Wildman–Crippen LogP) is 3.52. The van der Waals surface area contributed by atoms with Crippen LogP contribution in [0.4, 0.5) is 0 Å². The molecule has 1 N–H and O–H groups in total. The van der Waals surface area contributed by atoms with Crippen molar-refractivity contribution in [1.29, 1.82) is 0 Å². The fourth-order valence-electron chi connectivity index (χ4n) is 1.70. The maximum atomic E-state index is 4.47. The molecule has 2 nitrogen and oxygen atoms in total. The molecule has 0 amide bonds. The minimum atomic E-state index is 0.163. The lowest BCUT2D eigenvalue weighted by Crippen LogP contribution is -2.19. The molecule has 2 aromatic heterocycles. The first-order valence-electron chi connectivity index (χ1n) is 5.05. The molecule has 84 valence electrons. The summed E-state index contributed by atoms with van der Waals surface area (Å²) in [7, 11) is 1.96. The summed E-state index contributed by atoms with van der Waals surface area (Å²) in [6.07, 6.45) is 1.84. The molecule has 4 heteroatoms. The summed E-state index contributed by atoms with van der Waals surface area (Å²) in [5, 5.41) is 5.41. The van der Waals surface area contributed by atoms with Crippen LogP contribution in [-0.2, 0) is 0 Å². The molecule has 0 aromatic carbocycles. The number of thiophene rings is 1. The van der Waals surface area contributed by atoms with Crippen molar-refractivity contribution in [2.24, 2.45) is 0 Å². The minimum Gasteiger partial charge on any atom is -0.307 e. The average Bonchev–Trinajstić information content (AvgIpc) is 2.69. The first-order valence-corrected chi connectivity index (χ1v) is 6.73. The van der Waals surface area contributed by atoms with Gasteiger partial charge in [-0.3, -0.25) is 4.98 Å². The second kappa shape index (κ2) is 5.08. The van der Waals surface area contributed by atoms with Crippen molar-refractivity contribution in [1.82, 2.24) is 10.3 Å². The Labute approximate surface area is 108 Å². The van der Waals surface area contributed by atoms with Crippen molar-refractivity contribution in [3.8, 4) is 0 Å². The predicted molar refractivity (Wildman–Crippen MR) is 71.9 cm³/mol. The maximum absolute atomic E-state index is 4.47. The normalized spacial score (nSPS) is 12.7. The van der Waals surface area contributed by atoms with E-state index in [1.165, 1.54) is 10.4 Å². The van der Waals surface area contributed by atoms with Gasteiger partial charge in [-0.05, 0) is 53.0 Å². The standard InChI is InChI=1S/C12H13BrN2S/c1-8-4-3-6-15-10(8)11(14-2)12-9(13)5-7-16-12/h3-7,11,14H,1-2H3. The van der Waals surface area contributed by atoms with Crippen LogP contribution >= 0.6 is 27.3 Å². The van der Waals surface area contributed by atoms with Gasteiger partial charge in [0.05, 0.1) is 11.7 Å². The van der Waals surface area contributed by atoms with Crippen LogP contribution in [0, 0.1) is 6.92 Å². The monoisotopic (exact) mass is 296 g/mol. The second-order valence-corrected chi connectivity index (χ2v) is 5.36. The summed E-state index contributed by atoms with van der Waals surface area (Å²) < 4.78 is 1.14. The number of halogens is 1. The topological polar surface area (TPSA) is 24.9 Å². The molecular formula is C12H13BrN2S. The second-order valence-electron chi connectivity index (χ2n) is 3.56. The highest BCUT2D eigenvalue weighted by atomic mass is 79.9. The lowest BCUT2D eigenvalue weighted by molar-refractivity contribution is 0.675. The van der Waals surface area contributed by atoms with Crippen molar-refractivity contribution in [3.05, 3.63) is 50.4 Å². The number of nitrogens with one attached hydrogen (secondary N) is 1. The Morgan fingerprint density at radius 1 is 1.44 bits per heavy atom. The van der Waals surface area contributed by atoms with Gasteiger partial charge in [-0.25, -0.2) is 0 Å². The van der Waals surface area contributed by atoms with Gasteiger partial charge in [-0.2, -0.15) is 0 Å². The number of hydrogen-bond donors (Lipinski definition) is 1. The Morgan fingerprint density at radius 3 is 2.81 bits per heavy atom. The third-order valence-electron chi connectivity index (χ3n) is 2.52. The number of pyridine rings is 1. The van der Waals surface area contributed by atoms with Crippen LogP contribution in [0.25, 0.3) is 0 Å². The summed E-state index contributed by atoms with van der Waals surface area (Å²) in [4.78, 5) is 5.74. The lowest BCUT2D eigenvalue weighted by Gasteiger charge is -2.16. The quantitative estimate of drug-likeness (QED) is 0.937. The number of aromatic nitrogens is 1. The highest BCUT2D eigenvalue weighted by molar-refractivity contribution is 9.10. The zero-order valence-corrected chi connectivity index (χ0v) is 11.6. The Hall–Kier alpha value is -0.710. The maximum Gasteiger partial charge on any atom is 0.0856 e. The van der Waals surface area contributed by atoms with E-state index < -0.39 is 0 Å². The van der Waals surface area contributed by atoms with E-state index in [0.717, 1.165) is 10.2 Å². The van der Waals surface area contributed by atoms with Crippen molar-refractivity contribution >= 4 is 27.3 Å². The van der Waals surface area contributed by atoms with Gasteiger partial charge in [0.25, 0.3) is 0 Å². The number of aryl methyl sites for hydroxylation is 1. The van der Waals surface area contributed by atoms with Crippen molar-refractivity contribution in [3.63, 3.8) is 0 Å². The molecule has 2 aromatic rings. The van der Waals surface area contributed by atoms with Crippen LogP contribution in [0.1, 0.15) is 22.2 Å². The van der Waals surface area contributed by atoms with E-state index in [2.05, 4.69) is 50.7 Å². The minimum absolute atomic E-state index is 0.163. The Bertz CT molecular complexity index is 481. The van der Waals surface area contributed by atoms with Gasteiger partial charge in [-0.1, -0.05) is 6.07 Å². The molecule has 0 spiro atoms. The highest BCUT2D eigenvalue weighted by Gasteiger charge is 2.18. The van der Waals surface area contributed by atoms with Crippen LogP contribution in [0.5, 0.6) is 0 Å². The summed E-state index contributed by atoms with van der Waals surface area (Å²) in [6, 6.07) is 6.29. The van der Waals surface area contributed by atoms with Gasteiger partial charge in [0, 0.05) is 15.5 Å². The van der Waals surface area contributed by atoms with E-state index in [1.807, 2.05) is 19.3 Å². The third-order valence-corrected chi connectivity index (χ3v) is 4.45. The number of nitrogens with zero attached hydrogens (tertiary/aromatic N) is 1. The zero-order valence-electron chi connectivity index (χ0n) is 9.20. The molecule has 1 unspecified atom stereocenters. The Kier molecular flexibility index (Phi) is 3.74. The van der Waals surface area contributed by atoms with Gasteiger partial charge in [0.1, 0.15) is 0 Å². The van der Waals surface area contributed by atoms with Crippen LogP contribution in [0.2, 0.25) is 0 Å². The first kappa shape index (κ1) is 11.8. The lowest BCUT2D eigenvalue weighted by atomic mass is 10.1. The van der Waals surface area contributed by atoms with Crippen LogP contribution < -0.4 is 5.32 Å². The molecule has 1 atom stereocenters. The van der Waals surface area contributed by atoms with Crippen molar-refractivity contribution in [2.45, 2.75) is 13.0 Å². The van der Waals surface area contributed by atoms with Crippen LogP contribution in [0.3, 0.4) is 0 Å². The largest absolute Gasteiger partial charge is 0.307 e. The first-order chi connectivity index (χ1) is 7.74. The summed E-state index contributed by atoms with van der Waals surface area (Å²) >= 11 is 5.31. The molecule has 0 aliphatic rings. The van der Waals surface area contributed by atoms with E-state index in [-0.39, 0.29) is 6.04 Å². The smallest absolute Gasteiger partial charge is 0.0856 e. The summed E-state index contributed by atoms with van der Waals surface area (Å²) in [6.45, 7) is 2.09. The number of hydrogen-bond acceptors (Lipinski definition) is 3. The van der Waals surface area contributed by atoms with E-state index in [4.69, 9.17) is 0 Å². The molecule has 0 bridgehead atoms. The molecule has 2 rings (SSSR count). The summed E-state index contributed by atoms with van der Waals surface area (Å²) in [5.74, 6) is 0. The average molecular weight is 297 g/mol. The summed E-state index contributed by atoms with van der Waals surface area (Å²) in [5.41, 5.74) is 2.30. The van der Waals surface area contributed by atoms with Gasteiger partial charge in [0.2, 0.25) is 0 Å². The molecule has 0 fully saturated rings. The van der Waals surface area contributed by atoms with Crippen LogP contribution in [-0.4, -0.2) is 12.0 Å². The van der Waals surface area contributed by atoms with E-state index in [0.29, 0.717) is 0 Å². The fourth-order valence-corrected chi connectivity index (χ4v) is 3.42. The zero-order chi connectivity index (χ0) is 11.5. The fraction of sp³-hybridized carbons (Fsp3) is 0.250. The SMILES string of the molecule is CNC(c1ncccc1C)c1sccc1Br. The van der Waals surface area contributed by atoms with Gasteiger partial charge in [0.15, 0.2) is 0 Å². The van der Waals surface area contributed by atoms with Gasteiger partial charge >= 0.3 is 0 Å². The van der Waals surface area contributed by atoms with E-state index in [1.54, 1.807) is 11.3 Å². The Morgan fingerprint density at radius 2 is 2.25 bits per heavy atom. The van der Waals surface area contributed by atoms with Crippen molar-refractivity contribution in [2.75, 3.05) is 7.05 Å². The molecule has 2 heterocycles. The molecule has 0 radical (unpaired) electrons. The molecule has 0 aliphatic carbocycles.